The van der Waals surface area contributed by atoms with Crippen LogP contribution in [0.5, 0.6) is 0 Å². The van der Waals surface area contributed by atoms with E-state index in [4.69, 9.17) is 11.6 Å². The minimum absolute atomic E-state index is 0.168. The molecule has 2 aliphatic carbocycles. The predicted molar refractivity (Wildman–Crippen MR) is 76.9 cm³/mol. The van der Waals surface area contributed by atoms with Crippen LogP contribution >= 0.6 is 11.6 Å². The van der Waals surface area contributed by atoms with Gasteiger partial charge in [0.1, 0.15) is 5.82 Å². The van der Waals surface area contributed by atoms with Crippen LogP contribution in [0.3, 0.4) is 0 Å². The van der Waals surface area contributed by atoms with Crippen LogP contribution in [0.1, 0.15) is 31.7 Å². The van der Waals surface area contributed by atoms with Gasteiger partial charge in [-0.1, -0.05) is 24.6 Å². The van der Waals surface area contributed by atoms with Crippen molar-refractivity contribution in [3.63, 3.8) is 0 Å². The summed E-state index contributed by atoms with van der Waals surface area (Å²) in [6.07, 6.45) is 4.77. The normalized spacial score (nSPS) is 30.2. The van der Waals surface area contributed by atoms with Crippen molar-refractivity contribution in [3.05, 3.63) is 34.6 Å². The van der Waals surface area contributed by atoms with Crippen molar-refractivity contribution in [2.75, 3.05) is 6.54 Å². The van der Waals surface area contributed by atoms with E-state index in [9.17, 15) is 4.39 Å². The van der Waals surface area contributed by atoms with Crippen molar-refractivity contribution in [1.82, 2.24) is 5.32 Å². The Hall–Kier alpha value is -0.600. The van der Waals surface area contributed by atoms with Gasteiger partial charge in [-0.25, -0.2) is 4.39 Å². The van der Waals surface area contributed by atoms with E-state index in [0.29, 0.717) is 29.0 Å². The number of rotatable bonds is 5. The standard InChI is InChI=1S/C16H21ClFN/c1-2-19-16(12-7-10-6-11(10)8-12)9-13-14(17)4-3-5-15(13)18/h3-5,10-12,16,19H,2,6-9H2,1H3. The number of hydrogen-bond donors (Lipinski definition) is 1. The summed E-state index contributed by atoms with van der Waals surface area (Å²) in [6, 6.07) is 5.34. The van der Waals surface area contributed by atoms with E-state index < -0.39 is 0 Å². The van der Waals surface area contributed by atoms with E-state index in [1.54, 1.807) is 12.1 Å². The van der Waals surface area contributed by atoms with E-state index in [-0.39, 0.29) is 5.82 Å². The highest BCUT2D eigenvalue weighted by molar-refractivity contribution is 6.31. The Bertz CT molecular complexity index is 432. The molecule has 0 amide bonds. The number of benzene rings is 1. The second kappa shape index (κ2) is 5.41. The fourth-order valence-corrected chi connectivity index (χ4v) is 3.95. The smallest absolute Gasteiger partial charge is 0.127 e. The molecule has 1 aromatic carbocycles. The molecule has 0 spiro atoms. The van der Waals surface area contributed by atoms with E-state index in [1.165, 1.54) is 25.3 Å². The summed E-state index contributed by atoms with van der Waals surface area (Å²) in [5.41, 5.74) is 0.677. The quantitative estimate of drug-likeness (QED) is 0.859. The molecule has 0 heterocycles. The van der Waals surface area contributed by atoms with Crippen LogP contribution in [0.25, 0.3) is 0 Å². The average molecular weight is 282 g/mol. The number of fused-ring (bicyclic) bond motifs is 1. The Balaban J connectivity index is 1.73. The summed E-state index contributed by atoms with van der Waals surface area (Å²) in [4.78, 5) is 0. The molecule has 104 valence electrons. The summed E-state index contributed by atoms with van der Waals surface area (Å²) in [6.45, 7) is 3.05. The first kappa shape index (κ1) is 13.4. The van der Waals surface area contributed by atoms with Crippen LogP contribution in [0, 0.1) is 23.6 Å². The Morgan fingerprint density at radius 2 is 2.05 bits per heavy atom. The maximum Gasteiger partial charge on any atom is 0.127 e. The van der Waals surface area contributed by atoms with Gasteiger partial charge in [-0.15, -0.1) is 0 Å². The zero-order chi connectivity index (χ0) is 13.4. The molecule has 0 aliphatic heterocycles. The molecular weight excluding hydrogens is 261 g/mol. The van der Waals surface area contributed by atoms with Crippen LogP contribution in [-0.4, -0.2) is 12.6 Å². The van der Waals surface area contributed by atoms with Gasteiger partial charge in [0.15, 0.2) is 0 Å². The molecule has 0 aromatic heterocycles. The van der Waals surface area contributed by atoms with Gasteiger partial charge in [0.05, 0.1) is 0 Å². The Morgan fingerprint density at radius 1 is 1.32 bits per heavy atom. The van der Waals surface area contributed by atoms with Gasteiger partial charge in [0, 0.05) is 16.6 Å². The molecular formula is C16H21ClFN. The van der Waals surface area contributed by atoms with Gasteiger partial charge in [0.25, 0.3) is 0 Å². The fourth-order valence-electron chi connectivity index (χ4n) is 3.71. The summed E-state index contributed by atoms with van der Waals surface area (Å²) < 4.78 is 13.9. The summed E-state index contributed by atoms with van der Waals surface area (Å²) in [5.74, 6) is 2.45. The summed E-state index contributed by atoms with van der Waals surface area (Å²) in [5, 5.41) is 4.10. The van der Waals surface area contributed by atoms with Crippen LogP contribution in [0.2, 0.25) is 5.02 Å². The summed E-state index contributed by atoms with van der Waals surface area (Å²) >= 11 is 6.15. The molecule has 0 radical (unpaired) electrons. The van der Waals surface area contributed by atoms with Crippen molar-refractivity contribution >= 4 is 11.6 Å². The minimum atomic E-state index is -0.168. The first-order valence-electron chi connectivity index (χ1n) is 7.35. The molecule has 0 bridgehead atoms. The first-order valence-corrected chi connectivity index (χ1v) is 7.73. The molecule has 0 saturated heterocycles. The Morgan fingerprint density at radius 3 is 2.68 bits per heavy atom. The highest BCUT2D eigenvalue weighted by Gasteiger charge is 2.47. The third-order valence-electron chi connectivity index (χ3n) is 4.80. The molecule has 3 atom stereocenters. The lowest BCUT2D eigenvalue weighted by Gasteiger charge is -2.26. The van der Waals surface area contributed by atoms with E-state index >= 15 is 0 Å². The van der Waals surface area contributed by atoms with Gasteiger partial charge in [-0.2, -0.15) is 0 Å². The zero-order valence-corrected chi connectivity index (χ0v) is 12.1. The maximum atomic E-state index is 13.9. The molecule has 2 fully saturated rings. The molecule has 3 heteroatoms. The monoisotopic (exact) mass is 281 g/mol. The molecule has 1 nitrogen and oxygen atoms in total. The lowest BCUT2D eigenvalue weighted by atomic mass is 9.89. The molecule has 2 saturated carbocycles. The van der Waals surface area contributed by atoms with Gasteiger partial charge in [-0.3, -0.25) is 0 Å². The molecule has 19 heavy (non-hydrogen) atoms. The van der Waals surface area contributed by atoms with Crippen molar-refractivity contribution in [2.24, 2.45) is 17.8 Å². The maximum absolute atomic E-state index is 13.9. The van der Waals surface area contributed by atoms with Crippen molar-refractivity contribution in [1.29, 1.82) is 0 Å². The minimum Gasteiger partial charge on any atom is -0.314 e. The molecule has 3 unspecified atom stereocenters. The number of nitrogens with one attached hydrogen (secondary N) is 1. The largest absolute Gasteiger partial charge is 0.314 e. The molecule has 1 N–H and O–H groups in total. The lowest BCUT2D eigenvalue weighted by molar-refractivity contribution is 0.334. The SMILES string of the molecule is CCNC(Cc1c(F)cccc1Cl)C1CC2CC2C1. The second-order valence-corrected chi connectivity index (χ2v) is 6.46. The molecule has 2 aliphatic rings. The number of halogens is 2. The second-order valence-electron chi connectivity index (χ2n) is 6.06. The van der Waals surface area contributed by atoms with Crippen molar-refractivity contribution in [2.45, 2.75) is 38.6 Å². The molecule has 1 aromatic rings. The van der Waals surface area contributed by atoms with Gasteiger partial charge < -0.3 is 5.32 Å². The van der Waals surface area contributed by atoms with E-state index in [1.807, 2.05) is 0 Å². The third-order valence-corrected chi connectivity index (χ3v) is 5.16. The van der Waals surface area contributed by atoms with Crippen molar-refractivity contribution in [3.8, 4) is 0 Å². The topological polar surface area (TPSA) is 12.0 Å². The zero-order valence-electron chi connectivity index (χ0n) is 11.3. The number of likely N-dealkylation sites (N-methyl/N-ethyl adjacent to an activating group) is 1. The van der Waals surface area contributed by atoms with Crippen LogP contribution < -0.4 is 5.32 Å². The van der Waals surface area contributed by atoms with Crippen LogP contribution in [-0.2, 0) is 6.42 Å². The average Bonchev–Trinajstić information content (AvgIpc) is 2.99. The van der Waals surface area contributed by atoms with Gasteiger partial charge >= 0.3 is 0 Å². The fraction of sp³-hybridized carbons (Fsp3) is 0.625. The Kier molecular flexibility index (Phi) is 3.81. The lowest BCUT2D eigenvalue weighted by Crippen LogP contribution is -2.37. The molecule has 3 rings (SSSR count). The number of hydrogen-bond acceptors (Lipinski definition) is 1. The first-order chi connectivity index (χ1) is 9.19. The van der Waals surface area contributed by atoms with Crippen molar-refractivity contribution < 1.29 is 4.39 Å². The van der Waals surface area contributed by atoms with Crippen LogP contribution in [0.4, 0.5) is 4.39 Å². The van der Waals surface area contributed by atoms with Crippen LogP contribution in [0.15, 0.2) is 18.2 Å². The summed E-state index contributed by atoms with van der Waals surface area (Å²) in [7, 11) is 0. The predicted octanol–water partition coefficient (Wildman–Crippen LogP) is 4.05. The Labute approximate surface area is 119 Å². The van der Waals surface area contributed by atoms with Gasteiger partial charge in [-0.05, 0) is 62.1 Å². The van der Waals surface area contributed by atoms with E-state index in [0.717, 1.165) is 18.4 Å². The third kappa shape index (κ3) is 2.80. The van der Waals surface area contributed by atoms with Gasteiger partial charge in [0.2, 0.25) is 0 Å². The van der Waals surface area contributed by atoms with E-state index in [2.05, 4.69) is 12.2 Å². The highest BCUT2D eigenvalue weighted by Crippen LogP contribution is 2.55. The highest BCUT2D eigenvalue weighted by atomic mass is 35.5.